The molecular formula is C13H20F3NO2. The highest BCUT2D eigenvalue weighted by Gasteiger charge is 2.25. The number of nitrogens with one attached hydrogen (secondary N) is 1. The zero-order valence-electron chi connectivity index (χ0n) is 11.2. The summed E-state index contributed by atoms with van der Waals surface area (Å²) in [4.78, 5) is 0. The summed E-state index contributed by atoms with van der Waals surface area (Å²) in [5.74, 6) is 0.632. The molecule has 1 heterocycles. The molecule has 0 bridgehead atoms. The Kier molecular flexibility index (Phi) is 6.37. The van der Waals surface area contributed by atoms with Crippen molar-refractivity contribution in [1.29, 1.82) is 0 Å². The highest BCUT2D eigenvalue weighted by Crippen LogP contribution is 2.21. The maximum Gasteiger partial charge on any atom is 0.389 e. The number of halogens is 3. The Hall–Kier alpha value is -1.01. The van der Waals surface area contributed by atoms with Crippen LogP contribution in [-0.2, 0) is 17.9 Å². The lowest BCUT2D eigenvalue weighted by Gasteiger charge is -2.06. The van der Waals surface area contributed by atoms with E-state index in [1.165, 1.54) is 0 Å². The SMILES string of the molecule is CC(C)NCc1coc(COCCCC(F)(F)F)c1. The Morgan fingerprint density at radius 3 is 2.74 bits per heavy atom. The third kappa shape index (κ3) is 7.89. The number of hydrogen-bond acceptors (Lipinski definition) is 3. The molecule has 110 valence electrons. The monoisotopic (exact) mass is 279 g/mol. The molecule has 19 heavy (non-hydrogen) atoms. The molecular weight excluding hydrogens is 259 g/mol. The largest absolute Gasteiger partial charge is 0.467 e. The van der Waals surface area contributed by atoms with Crippen molar-refractivity contribution in [2.75, 3.05) is 6.61 Å². The van der Waals surface area contributed by atoms with E-state index in [2.05, 4.69) is 5.32 Å². The number of furan rings is 1. The average Bonchev–Trinajstić information content (AvgIpc) is 2.72. The van der Waals surface area contributed by atoms with Gasteiger partial charge in [0.05, 0.1) is 6.26 Å². The van der Waals surface area contributed by atoms with Gasteiger partial charge in [0.15, 0.2) is 0 Å². The van der Waals surface area contributed by atoms with Crippen molar-refractivity contribution >= 4 is 0 Å². The molecule has 0 atom stereocenters. The van der Waals surface area contributed by atoms with E-state index in [-0.39, 0.29) is 19.6 Å². The molecule has 0 saturated heterocycles. The lowest BCUT2D eigenvalue weighted by molar-refractivity contribution is -0.138. The van der Waals surface area contributed by atoms with Crippen molar-refractivity contribution in [1.82, 2.24) is 5.32 Å². The van der Waals surface area contributed by atoms with Gasteiger partial charge in [-0.3, -0.25) is 0 Å². The summed E-state index contributed by atoms with van der Waals surface area (Å²) in [6, 6.07) is 2.23. The zero-order chi connectivity index (χ0) is 14.3. The number of alkyl halides is 3. The van der Waals surface area contributed by atoms with E-state index in [0.29, 0.717) is 18.3 Å². The Morgan fingerprint density at radius 1 is 1.37 bits per heavy atom. The summed E-state index contributed by atoms with van der Waals surface area (Å²) in [5.41, 5.74) is 1.00. The van der Waals surface area contributed by atoms with Crippen molar-refractivity contribution in [3.8, 4) is 0 Å². The van der Waals surface area contributed by atoms with E-state index >= 15 is 0 Å². The van der Waals surface area contributed by atoms with Gasteiger partial charge in [-0.1, -0.05) is 13.8 Å². The molecule has 1 rings (SSSR count). The van der Waals surface area contributed by atoms with Crippen LogP contribution in [0.5, 0.6) is 0 Å². The van der Waals surface area contributed by atoms with E-state index in [4.69, 9.17) is 9.15 Å². The van der Waals surface area contributed by atoms with Crippen LogP contribution in [-0.4, -0.2) is 18.8 Å². The van der Waals surface area contributed by atoms with Crippen LogP contribution >= 0.6 is 0 Å². The van der Waals surface area contributed by atoms with Crippen LogP contribution < -0.4 is 5.32 Å². The topological polar surface area (TPSA) is 34.4 Å². The van der Waals surface area contributed by atoms with Crippen LogP contribution in [0.4, 0.5) is 13.2 Å². The molecule has 0 unspecified atom stereocenters. The first kappa shape index (κ1) is 16.0. The molecule has 0 spiro atoms. The molecule has 0 fully saturated rings. The molecule has 3 nitrogen and oxygen atoms in total. The third-order valence-corrected chi connectivity index (χ3v) is 2.42. The molecule has 1 N–H and O–H groups in total. The molecule has 1 aromatic heterocycles. The number of hydrogen-bond donors (Lipinski definition) is 1. The Bertz CT molecular complexity index is 361. The first-order chi connectivity index (χ1) is 8.87. The number of ether oxygens (including phenoxy) is 1. The number of rotatable bonds is 8. The Morgan fingerprint density at radius 2 is 2.11 bits per heavy atom. The average molecular weight is 279 g/mol. The quantitative estimate of drug-likeness (QED) is 0.738. The van der Waals surface area contributed by atoms with Crippen LogP contribution in [0.2, 0.25) is 0 Å². The fourth-order valence-corrected chi connectivity index (χ4v) is 1.46. The molecule has 0 radical (unpaired) electrons. The third-order valence-electron chi connectivity index (χ3n) is 2.42. The molecule has 0 aliphatic rings. The van der Waals surface area contributed by atoms with Gasteiger partial charge in [0.2, 0.25) is 0 Å². The van der Waals surface area contributed by atoms with Crippen molar-refractivity contribution in [3.63, 3.8) is 0 Å². The molecule has 6 heteroatoms. The zero-order valence-corrected chi connectivity index (χ0v) is 11.2. The van der Waals surface area contributed by atoms with Crippen LogP contribution in [0.3, 0.4) is 0 Å². The summed E-state index contributed by atoms with van der Waals surface area (Å²) in [7, 11) is 0. The smallest absolute Gasteiger partial charge is 0.389 e. The van der Waals surface area contributed by atoms with Gasteiger partial charge in [-0.15, -0.1) is 0 Å². The maximum absolute atomic E-state index is 11.9. The van der Waals surface area contributed by atoms with Gasteiger partial charge in [-0.25, -0.2) is 0 Å². The molecule has 0 aromatic carbocycles. The highest BCUT2D eigenvalue weighted by atomic mass is 19.4. The van der Waals surface area contributed by atoms with E-state index in [9.17, 15) is 13.2 Å². The lowest BCUT2D eigenvalue weighted by Crippen LogP contribution is -2.21. The molecule has 0 aliphatic carbocycles. The maximum atomic E-state index is 11.9. The van der Waals surface area contributed by atoms with Crippen molar-refractivity contribution in [2.45, 2.75) is 52.1 Å². The minimum atomic E-state index is -4.11. The first-order valence-corrected chi connectivity index (χ1v) is 6.31. The van der Waals surface area contributed by atoms with Crippen molar-refractivity contribution in [3.05, 3.63) is 23.7 Å². The van der Waals surface area contributed by atoms with Gasteiger partial charge in [0, 0.05) is 31.2 Å². The predicted octanol–water partition coefficient (Wildman–Crippen LogP) is 3.64. The Balaban J connectivity index is 2.16. The van der Waals surface area contributed by atoms with Crippen LogP contribution in [0.15, 0.2) is 16.7 Å². The van der Waals surface area contributed by atoms with Gasteiger partial charge in [0.25, 0.3) is 0 Å². The van der Waals surface area contributed by atoms with E-state index < -0.39 is 12.6 Å². The second-order valence-corrected chi connectivity index (χ2v) is 4.73. The normalized spacial score (nSPS) is 12.3. The second kappa shape index (κ2) is 7.55. The van der Waals surface area contributed by atoms with Gasteiger partial charge in [-0.05, 0) is 12.5 Å². The van der Waals surface area contributed by atoms with E-state index in [1.807, 2.05) is 19.9 Å². The Labute approximate surface area is 111 Å². The second-order valence-electron chi connectivity index (χ2n) is 4.73. The lowest BCUT2D eigenvalue weighted by atomic mass is 10.3. The van der Waals surface area contributed by atoms with Gasteiger partial charge >= 0.3 is 6.18 Å². The van der Waals surface area contributed by atoms with Crippen LogP contribution in [0.25, 0.3) is 0 Å². The van der Waals surface area contributed by atoms with Crippen molar-refractivity contribution in [2.24, 2.45) is 0 Å². The van der Waals surface area contributed by atoms with E-state index in [0.717, 1.165) is 5.56 Å². The van der Waals surface area contributed by atoms with Gasteiger partial charge in [0.1, 0.15) is 12.4 Å². The van der Waals surface area contributed by atoms with Crippen molar-refractivity contribution < 1.29 is 22.3 Å². The first-order valence-electron chi connectivity index (χ1n) is 6.31. The van der Waals surface area contributed by atoms with Gasteiger partial charge in [-0.2, -0.15) is 13.2 Å². The van der Waals surface area contributed by atoms with Crippen LogP contribution in [0.1, 0.15) is 38.0 Å². The molecule has 1 aromatic rings. The van der Waals surface area contributed by atoms with E-state index in [1.54, 1.807) is 6.26 Å². The fraction of sp³-hybridized carbons (Fsp3) is 0.692. The highest BCUT2D eigenvalue weighted by molar-refractivity contribution is 5.12. The molecule has 0 amide bonds. The minimum Gasteiger partial charge on any atom is -0.467 e. The predicted molar refractivity (Wildman–Crippen MR) is 65.6 cm³/mol. The summed E-state index contributed by atoms with van der Waals surface area (Å²) in [6.07, 6.45) is -3.31. The standard InChI is InChI=1S/C13H20F3NO2/c1-10(2)17-7-11-6-12(19-8-11)9-18-5-3-4-13(14,15)16/h6,8,10,17H,3-5,7,9H2,1-2H3. The van der Waals surface area contributed by atoms with Gasteiger partial charge < -0.3 is 14.5 Å². The summed E-state index contributed by atoms with van der Waals surface area (Å²) in [6.45, 7) is 5.09. The fourth-order valence-electron chi connectivity index (χ4n) is 1.46. The molecule has 0 saturated carbocycles. The summed E-state index contributed by atoms with van der Waals surface area (Å²) in [5, 5.41) is 3.24. The van der Waals surface area contributed by atoms with Crippen LogP contribution in [0, 0.1) is 0 Å². The summed E-state index contributed by atoms with van der Waals surface area (Å²) >= 11 is 0. The summed E-state index contributed by atoms with van der Waals surface area (Å²) < 4.78 is 46.0. The minimum absolute atomic E-state index is 0.0219. The molecule has 0 aliphatic heterocycles.